The van der Waals surface area contributed by atoms with Gasteiger partial charge in [-0.25, -0.2) is 9.37 Å². The molecule has 1 heterocycles. The Morgan fingerprint density at radius 2 is 1.89 bits per heavy atom. The van der Waals surface area contributed by atoms with E-state index in [4.69, 9.17) is 16.6 Å². The largest absolute Gasteiger partial charge is 0.308 e. The van der Waals surface area contributed by atoms with Crippen LogP contribution in [-0.2, 0) is 0 Å². The fraction of sp³-hybridized carbons (Fsp3) is 0.300. The fourth-order valence-corrected chi connectivity index (χ4v) is 4.02. The number of fused-ring (bicyclic) bond motifs is 1. The monoisotopic (exact) mass is 441 g/mol. The molecule has 0 spiro atoms. The first-order valence-corrected chi connectivity index (χ1v) is 9.75. The molecule has 28 heavy (non-hydrogen) atoms. The average molecular weight is 442 g/mol. The number of halogens is 3. The molecule has 0 aliphatic rings. The van der Waals surface area contributed by atoms with Gasteiger partial charge in [0.05, 0.1) is 20.8 Å². The molecule has 0 bridgehead atoms. The van der Waals surface area contributed by atoms with Crippen molar-refractivity contribution in [2.24, 2.45) is 0 Å². The fourth-order valence-electron chi connectivity index (χ4n) is 2.72. The van der Waals surface area contributed by atoms with Crippen molar-refractivity contribution in [3.05, 3.63) is 57.9 Å². The quantitative estimate of drug-likeness (QED) is 0.536. The standard InChI is InChI=1S/C20H21ClFN3OS.ClH/c1-12-5-8-17-18(13(12)2)23-20(27-17)25(10-9-24(3)4)19(26)15-7-6-14(22)11-16(15)21;/h5-8,11H,9-10H2,1-4H3;1H. The Kier molecular flexibility index (Phi) is 7.39. The molecular weight excluding hydrogens is 420 g/mol. The van der Waals surface area contributed by atoms with E-state index in [0.29, 0.717) is 18.2 Å². The minimum atomic E-state index is -0.470. The number of hydrogen-bond donors (Lipinski definition) is 0. The van der Waals surface area contributed by atoms with Gasteiger partial charge in [-0.05, 0) is 63.3 Å². The summed E-state index contributed by atoms with van der Waals surface area (Å²) in [6.07, 6.45) is 0. The first kappa shape index (κ1) is 22.6. The second-order valence-electron chi connectivity index (χ2n) is 6.73. The van der Waals surface area contributed by atoms with Crippen molar-refractivity contribution in [2.45, 2.75) is 13.8 Å². The minimum Gasteiger partial charge on any atom is -0.308 e. The summed E-state index contributed by atoms with van der Waals surface area (Å²) >= 11 is 7.60. The highest BCUT2D eigenvalue weighted by molar-refractivity contribution is 7.22. The van der Waals surface area contributed by atoms with Crippen LogP contribution >= 0.6 is 35.3 Å². The van der Waals surface area contributed by atoms with Crippen LogP contribution in [0.15, 0.2) is 30.3 Å². The SMILES string of the molecule is Cc1ccc2sc(N(CCN(C)C)C(=O)c3ccc(F)cc3Cl)nc2c1C.Cl. The van der Waals surface area contributed by atoms with E-state index in [9.17, 15) is 9.18 Å². The molecule has 3 rings (SSSR count). The van der Waals surface area contributed by atoms with Gasteiger partial charge in [0.1, 0.15) is 5.82 Å². The van der Waals surface area contributed by atoms with Crippen LogP contribution < -0.4 is 4.90 Å². The molecule has 0 aliphatic carbocycles. The van der Waals surface area contributed by atoms with E-state index < -0.39 is 5.82 Å². The number of aromatic nitrogens is 1. The van der Waals surface area contributed by atoms with Gasteiger partial charge in [-0.1, -0.05) is 29.0 Å². The van der Waals surface area contributed by atoms with Gasteiger partial charge in [0.2, 0.25) is 0 Å². The molecule has 0 N–H and O–H groups in total. The lowest BCUT2D eigenvalue weighted by molar-refractivity contribution is 0.0985. The molecule has 150 valence electrons. The molecule has 2 aromatic carbocycles. The molecule has 0 saturated heterocycles. The third-order valence-corrected chi connectivity index (χ3v) is 5.84. The van der Waals surface area contributed by atoms with Gasteiger partial charge >= 0.3 is 0 Å². The predicted molar refractivity (Wildman–Crippen MR) is 118 cm³/mol. The third-order valence-electron chi connectivity index (χ3n) is 4.48. The van der Waals surface area contributed by atoms with Crippen molar-refractivity contribution in [2.75, 3.05) is 32.1 Å². The van der Waals surface area contributed by atoms with Crippen molar-refractivity contribution in [1.82, 2.24) is 9.88 Å². The van der Waals surface area contributed by atoms with Gasteiger partial charge in [0.15, 0.2) is 5.13 Å². The Hall–Kier alpha value is -1.73. The topological polar surface area (TPSA) is 36.4 Å². The summed E-state index contributed by atoms with van der Waals surface area (Å²) < 4.78 is 14.4. The summed E-state index contributed by atoms with van der Waals surface area (Å²) in [5.41, 5.74) is 3.44. The predicted octanol–water partition coefficient (Wildman–Crippen LogP) is 5.34. The van der Waals surface area contributed by atoms with Crippen molar-refractivity contribution in [3.63, 3.8) is 0 Å². The molecule has 8 heteroatoms. The minimum absolute atomic E-state index is 0. The van der Waals surface area contributed by atoms with Crippen LogP contribution in [-0.4, -0.2) is 43.0 Å². The summed E-state index contributed by atoms with van der Waals surface area (Å²) in [4.78, 5) is 21.5. The molecule has 0 saturated carbocycles. The maximum Gasteiger partial charge on any atom is 0.261 e. The Morgan fingerprint density at radius 1 is 1.18 bits per heavy atom. The van der Waals surface area contributed by atoms with Crippen molar-refractivity contribution in [3.8, 4) is 0 Å². The van der Waals surface area contributed by atoms with E-state index in [1.54, 1.807) is 4.90 Å². The Morgan fingerprint density at radius 3 is 2.54 bits per heavy atom. The highest BCUT2D eigenvalue weighted by Crippen LogP contribution is 2.33. The maximum absolute atomic E-state index is 13.4. The number of thiazole rings is 1. The molecule has 0 radical (unpaired) electrons. The zero-order valence-corrected chi connectivity index (χ0v) is 18.5. The van der Waals surface area contributed by atoms with Crippen LogP contribution in [0, 0.1) is 19.7 Å². The molecule has 0 aliphatic heterocycles. The molecule has 4 nitrogen and oxygen atoms in total. The van der Waals surface area contributed by atoms with Crippen LogP contribution in [0.25, 0.3) is 10.2 Å². The zero-order chi connectivity index (χ0) is 19.7. The number of anilines is 1. The Bertz CT molecular complexity index is 1010. The van der Waals surface area contributed by atoms with Crippen LogP contribution in [0.4, 0.5) is 9.52 Å². The Balaban J connectivity index is 0.00000280. The number of rotatable bonds is 5. The average Bonchev–Trinajstić information content (AvgIpc) is 3.02. The molecule has 1 amide bonds. The van der Waals surface area contributed by atoms with Crippen molar-refractivity contribution < 1.29 is 9.18 Å². The maximum atomic E-state index is 13.4. The van der Waals surface area contributed by atoms with Crippen LogP contribution in [0.1, 0.15) is 21.5 Å². The zero-order valence-electron chi connectivity index (χ0n) is 16.1. The van der Waals surface area contributed by atoms with Gasteiger partial charge in [-0.15, -0.1) is 12.4 Å². The highest BCUT2D eigenvalue weighted by atomic mass is 35.5. The lowest BCUT2D eigenvalue weighted by Crippen LogP contribution is -2.36. The molecule has 0 atom stereocenters. The lowest BCUT2D eigenvalue weighted by atomic mass is 10.1. The summed E-state index contributed by atoms with van der Waals surface area (Å²) in [7, 11) is 3.89. The second-order valence-corrected chi connectivity index (χ2v) is 8.15. The van der Waals surface area contributed by atoms with E-state index >= 15 is 0 Å². The van der Waals surface area contributed by atoms with E-state index in [1.165, 1.54) is 23.5 Å². The van der Waals surface area contributed by atoms with Gasteiger partial charge in [-0.3, -0.25) is 9.69 Å². The second kappa shape index (κ2) is 9.18. The lowest BCUT2D eigenvalue weighted by Gasteiger charge is -2.22. The van der Waals surface area contributed by atoms with E-state index in [-0.39, 0.29) is 28.9 Å². The Labute approximate surface area is 179 Å². The number of aryl methyl sites for hydroxylation is 2. The van der Waals surface area contributed by atoms with Crippen LogP contribution in [0.2, 0.25) is 5.02 Å². The van der Waals surface area contributed by atoms with E-state index in [1.807, 2.05) is 38.9 Å². The number of benzene rings is 2. The third kappa shape index (κ3) is 4.63. The normalized spacial score (nSPS) is 11.0. The van der Waals surface area contributed by atoms with Gasteiger partial charge in [0, 0.05) is 13.1 Å². The summed E-state index contributed by atoms with van der Waals surface area (Å²) in [6, 6.07) is 7.91. The molecule has 3 aromatic rings. The number of amides is 1. The van der Waals surface area contributed by atoms with E-state index in [2.05, 4.69) is 6.07 Å². The first-order chi connectivity index (χ1) is 12.8. The smallest absolute Gasteiger partial charge is 0.261 e. The number of carbonyl (C=O) groups excluding carboxylic acids is 1. The highest BCUT2D eigenvalue weighted by Gasteiger charge is 2.24. The summed E-state index contributed by atoms with van der Waals surface area (Å²) in [5, 5.41) is 0.717. The number of hydrogen-bond acceptors (Lipinski definition) is 4. The molecular formula is C20H22Cl2FN3OS. The van der Waals surface area contributed by atoms with Gasteiger partial charge < -0.3 is 4.90 Å². The summed E-state index contributed by atoms with van der Waals surface area (Å²) in [5.74, 6) is -0.752. The van der Waals surface area contributed by atoms with Gasteiger partial charge in [-0.2, -0.15) is 0 Å². The molecule has 1 aromatic heterocycles. The molecule has 0 fully saturated rings. The van der Waals surface area contributed by atoms with Crippen LogP contribution in [0.3, 0.4) is 0 Å². The number of carbonyl (C=O) groups is 1. The van der Waals surface area contributed by atoms with Crippen LogP contribution in [0.5, 0.6) is 0 Å². The number of nitrogens with zero attached hydrogens (tertiary/aromatic N) is 3. The summed E-state index contributed by atoms with van der Waals surface area (Å²) in [6.45, 7) is 5.20. The number of likely N-dealkylation sites (N-methyl/N-ethyl adjacent to an activating group) is 1. The molecule has 0 unspecified atom stereocenters. The van der Waals surface area contributed by atoms with Gasteiger partial charge in [0.25, 0.3) is 5.91 Å². The first-order valence-electron chi connectivity index (χ1n) is 8.56. The van der Waals surface area contributed by atoms with E-state index in [0.717, 1.165) is 27.4 Å². The van der Waals surface area contributed by atoms with Crippen molar-refractivity contribution >= 4 is 56.6 Å². The van der Waals surface area contributed by atoms with Crippen molar-refractivity contribution in [1.29, 1.82) is 0 Å².